The van der Waals surface area contributed by atoms with E-state index in [0.29, 0.717) is 11.8 Å². The first-order chi connectivity index (χ1) is 10.1. The summed E-state index contributed by atoms with van der Waals surface area (Å²) in [6, 6.07) is 2.60. The fraction of sp³-hybridized carbons (Fsp3) is 0.462. The minimum Gasteiger partial charge on any atom is -0.362 e. The average Bonchev–Trinajstić information content (AvgIpc) is 2.40. The van der Waals surface area contributed by atoms with Crippen LogP contribution in [0, 0.1) is 6.57 Å². The predicted molar refractivity (Wildman–Crippen MR) is 74.4 cm³/mol. The zero-order valence-electron chi connectivity index (χ0n) is 11.4. The van der Waals surface area contributed by atoms with Crippen molar-refractivity contribution in [3.63, 3.8) is 0 Å². The Kier molecular flexibility index (Phi) is 6.00. The van der Waals surface area contributed by atoms with E-state index >= 15 is 0 Å². The first kappa shape index (κ1) is 18.5. The van der Waals surface area contributed by atoms with Gasteiger partial charge in [-0.05, 0) is 18.4 Å². The van der Waals surface area contributed by atoms with E-state index in [2.05, 4.69) is 4.85 Å². The van der Waals surface area contributed by atoms with Gasteiger partial charge in [0.15, 0.2) is 5.69 Å². The number of anilines is 1. The lowest BCUT2D eigenvalue weighted by atomic mass is 10.1. The van der Waals surface area contributed by atoms with Gasteiger partial charge in [0.1, 0.15) is 6.54 Å². The van der Waals surface area contributed by atoms with E-state index < -0.39 is 30.1 Å². The van der Waals surface area contributed by atoms with Gasteiger partial charge in [0.2, 0.25) is 0 Å². The summed E-state index contributed by atoms with van der Waals surface area (Å²) in [7, 11) is 0. The van der Waals surface area contributed by atoms with E-state index in [1.165, 1.54) is 11.8 Å². The van der Waals surface area contributed by atoms with Crippen molar-refractivity contribution < 1.29 is 26.3 Å². The van der Waals surface area contributed by atoms with Crippen molar-refractivity contribution in [2.45, 2.75) is 12.4 Å². The van der Waals surface area contributed by atoms with Gasteiger partial charge < -0.3 is 4.90 Å². The van der Waals surface area contributed by atoms with Crippen molar-refractivity contribution in [3.05, 3.63) is 35.2 Å². The second kappa shape index (κ2) is 7.13. The van der Waals surface area contributed by atoms with Crippen molar-refractivity contribution in [1.82, 2.24) is 0 Å². The van der Waals surface area contributed by atoms with Crippen molar-refractivity contribution >= 4 is 23.1 Å². The fourth-order valence-electron chi connectivity index (χ4n) is 1.76. The van der Waals surface area contributed by atoms with Crippen LogP contribution in [-0.4, -0.2) is 31.3 Å². The molecule has 0 atom stereocenters. The molecule has 0 fully saturated rings. The van der Waals surface area contributed by atoms with E-state index in [1.54, 1.807) is 6.26 Å². The van der Waals surface area contributed by atoms with Gasteiger partial charge in [0.25, 0.3) is 0 Å². The van der Waals surface area contributed by atoms with Crippen molar-refractivity contribution in [2.75, 3.05) is 30.0 Å². The Labute approximate surface area is 127 Å². The van der Waals surface area contributed by atoms with Gasteiger partial charge in [-0.25, -0.2) is 4.85 Å². The minimum absolute atomic E-state index is 0.0463. The third kappa shape index (κ3) is 5.33. The Balaban J connectivity index is 3.22. The van der Waals surface area contributed by atoms with Crippen molar-refractivity contribution in [2.24, 2.45) is 0 Å². The molecule has 0 aliphatic rings. The lowest BCUT2D eigenvalue weighted by molar-refractivity contribution is -0.136. The van der Waals surface area contributed by atoms with Crippen LogP contribution >= 0.6 is 11.8 Å². The summed E-state index contributed by atoms with van der Waals surface area (Å²) < 4.78 is 76.4. The van der Waals surface area contributed by atoms with Crippen LogP contribution in [0.5, 0.6) is 0 Å². The minimum atomic E-state index is -4.79. The van der Waals surface area contributed by atoms with E-state index in [4.69, 9.17) is 6.57 Å². The summed E-state index contributed by atoms with van der Waals surface area (Å²) in [6.07, 6.45) is -7.64. The molecule has 1 aromatic carbocycles. The molecule has 0 amide bonds. The molecule has 0 saturated heterocycles. The Morgan fingerprint density at radius 2 is 1.82 bits per heavy atom. The molecule has 0 bridgehead atoms. The highest BCUT2D eigenvalue weighted by molar-refractivity contribution is 7.98. The summed E-state index contributed by atoms with van der Waals surface area (Å²) in [6.45, 7) is 5.33. The van der Waals surface area contributed by atoms with Crippen LogP contribution in [0.3, 0.4) is 0 Å². The number of hydrogen-bond donors (Lipinski definition) is 0. The first-order valence-corrected chi connectivity index (χ1v) is 7.37. The number of benzene rings is 1. The normalized spacial score (nSPS) is 12.1. The van der Waals surface area contributed by atoms with Crippen LogP contribution in [0.1, 0.15) is 5.56 Å². The molecule has 22 heavy (non-hydrogen) atoms. The molecule has 0 unspecified atom stereocenters. The van der Waals surface area contributed by atoms with Crippen LogP contribution in [-0.2, 0) is 6.18 Å². The molecule has 0 radical (unpaired) electrons. The van der Waals surface area contributed by atoms with Gasteiger partial charge >= 0.3 is 12.4 Å². The second-order valence-electron chi connectivity index (χ2n) is 4.34. The van der Waals surface area contributed by atoms with E-state index in [0.717, 1.165) is 17.0 Å². The number of hydrogen-bond acceptors (Lipinski definition) is 2. The van der Waals surface area contributed by atoms with Crippen LogP contribution in [0.4, 0.5) is 37.7 Å². The van der Waals surface area contributed by atoms with Crippen LogP contribution < -0.4 is 4.90 Å². The molecule has 0 aliphatic carbocycles. The molecular formula is C13H12F6N2S. The zero-order valence-corrected chi connectivity index (χ0v) is 12.2. The first-order valence-electron chi connectivity index (χ1n) is 5.98. The average molecular weight is 342 g/mol. The topological polar surface area (TPSA) is 7.60 Å². The third-order valence-electron chi connectivity index (χ3n) is 2.71. The maximum atomic E-state index is 12.9. The van der Waals surface area contributed by atoms with Crippen LogP contribution in [0.2, 0.25) is 0 Å². The molecule has 2 nitrogen and oxygen atoms in total. The summed E-state index contributed by atoms with van der Waals surface area (Å²) in [5.74, 6) is 0.335. The fourth-order valence-corrected chi connectivity index (χ4v) is 2.17. The molecular weight excluding hydrogens is 330 g/mol. The number of nitrogens with zero attached hydrogens (tertiary/aromatic N) is 2. The Hall–Kier alpha value is -1.56. The monoisotopic (exact) mass is 342 g/mol. The van der Waals surface area contributed by atoms with E-state index in [9.17, 15) is 26.3 Å². The van der Waals surface area contributed by atoms with Gasteiger partial charge in [-0.15, -0.1) is 0 Å². The number of halogens is 6. The third-order valence-corrected chi connectivity index (χ3v) is 3.30. The van der Waals surface area contributed by atoms with E-state index in [1.807, 2.05) is 0 Å². The molecule has 0 heterocycles. The van der Waals surface area contributed by atoms with Gasteiger partial charge in [-0.2, -0.15) is 38.1 Å². The number of alkyl halides is 6. The molecule has 1 rings (SSSR count). The summed E-state index contributed by atoms with van der Waals surface area (Å²) in [5, 5.41) is 0. The zero-order chi connectivity index (χ0) is 17.0. The molecule has 0 saturated carbocycles. The molecule has 122 valence electrons. The van der Waals surface area contributed by atoms with E-state index in [-0.39, 0.29) is 12.2 Å². The van der Waals surface area contributed by atoms with Crippen LogP contribution in [0.25, 0.3) is 4.85 Å². The number of thioether (sulfide) groups is 1. The molecule has 9 heteroatoms. The highest BCUT2D eigenvalue weighted by Crippen LogP contribution is 2.39. The smallest absolute Gasteiger partial charge is 0.362 e. The molecule has 1 aromatic rings. The quantitative estimate of drug-likeness (QED) is 0.550. The molecule has 0 aromatic heterocycles. The largest absolute Gasteiger partial charge is 0.407 e. The Morgan fingerprint density at radius 3 is 2.27 bits per heavy atom. The second-order valence-corrected chi connectivity index (χ2v) is 5.33. The SMILES string of the molecule is [C-]#[N+]c1ccc(N(CCSC)CC(F)(F)F)cc1C(F)(F)F. The standard InChI is InChI=1S/C13H12F6N2S/c1-20-11-4-3-9(7-10(11)13(17,18)19)21(5-6-22-2)8-12(14,15)16/h3-4,7H,5-6,8H2,2H3. The van der Waals surface area contributed by atoms with Gasteiger partial charge in [-0.3, -0.25) is 0 Å². The molecule has 0 aliphatic heterocycles. The maximum Gasteiger partial charge on any atom is 0.407 e. The van der Waals surface area contributed by atoms with Gasteiger partial charge in [-0.1, -0.05) is 6.07 Å². The highest BCUT2D eigenvalue weighted by atomic mass is 32.2. The summed E-state index contributed by atoms with van der Waals surface area (Å²) in [5.41, 5.74) is -2.06. The molecule has 0 N–H and O–H groups in total. The lowest BCUT2D eigenvalue weighted by Gasteiger charge is -2.26. The molecule has 0 spiro atoms. The van der Waals surface area contributed by atoms with Gasteiger partial charge in [0, 0.05) is 18.0 Å². The number of rotatable bonds is 5. The Bertz CT molecular complexity index is 547. The Morgan fingerprint density at radius 1 is 1.18 bits per heavy atom. The highest BCUT2D eigenvalue weighted by Gasteiger charge is 2.35. The summed E-state index contributed by atoms with van der Waals surface area (Å²) in [4.78, 5) is 3.59. The lowest BCUT2D eigenvalue weighted by Crippen LogP contribution is -2.36. The van der Waals surface area contributed by atoms with Crippen molar-refractivity contribution in [1.29, 1.82) is 0 Å². The predicted octanol–water partition coefficient (Wildman–Crippen LogP) is 4.99. The maximum absolute atomic E-state index is 12.9. The van der Waals surface area contributed by atoms with Crippen molar-refractivity contribution in [3.8, 4) is 0 Å². The van der Waals surface area contributed by atoms with Gasteiger partial charge in [0.05, 0.1) is 12.1 Å². The van der Waals surface area contributed by atoms with Crippen LogP contribution in [0.15, 0.2) is 18.2 Å². The summed E-state index contributed by atoms with van der Waals surface area (Å²) >= 11 is 1.29.